The average Bonchev–Trinajstić information content (AvgIpc) is 2.42. The van der Waals surface area contributed by atoms with Crippen LogP contribution in [-0.4, -0.2) is 5.97 Å². The number of para-hydroxylation sites is 1. The number of halogens is 1. The molecular weight excluding hydrogens is 344 g/mol. The highest BCUT2D eigenvalue weighted by atomic mass is 79.9. The van der Waals surface area contributed by atoms with Crippen molar-refractivity contribution in [1.29, 1.82) is 0 Å². The lowest BCUT2D eigenvalue weighted by Gasteiger charge is -2.15. The summed E-state index contributed by atoms with van der Waals surface area (Å²) in [6, 6.07) is 9.72. The summed E-state index contributed by atoms with van der Waals surface area (Å²) in [5.74, 6) is 1.10. The number of benzene rings is 2. The quantitative estimate of drug-likeness (QED) is 0.574. The minimum Gasteiger partial charge on any atom is -0.488 e. The van der Waals surface area contributed by atoms with Crippen LogP contribution in [0.5, 0.6) is 11.5 Å². The zero-order valence-corrected chi connectivity index (χ0v) is 14.8. The van der Waals surface area contributed by atoms with E-state index in [2.05, 4.69) is 15.9 Å². The van der Waals surface area contributed by atoms with E-state index in [0.717, 1.165) is 32.5 Å². The number of aryl methyl sites for hydroxylation is 3. The molecule has 0 bridgehead atoms. The molecule has 116 valence electrons. The Hall–Kier alpha value is -1.81. The monoisotopic (exact) mass is 362 g/mol. The fraction of sp³-hybridized carbons (Fsp3) is 0.278. The second kappa shape index (κ2) is 6.97. The van der Waals surface area contributed by atoms with Gasteiger partial charge in [-0.3, -0.25) is 4.79 Å². The molecule has 0 aliphatic rings. The van der Waals surface area contributed by atoms with Crippen LogP contribution in [0.15, 0.2) is 34.8 Å². The van der Waals surface area contributed by atoms with Crippen LogP contribution in [0.2, 0.25) is 0 Å². The van der Waals surface area contributed by atoms with Gasteiger partial charge < -0.3 is 9.47 Å². The van der Waals surface area contributed by atoms with Crippen molar-refractivity contribution in [3.05, 3.63) is 57.1 Å². The minimum atomic E-state index is -0.330. The van der Waals surface area contributed by atoms with E-state index in [9.17, 15) is 4.79 Å². The molecule has 0 spiro atoms. The first-order valence-corrected chi connectivity index (χ1v) is 7.84. The fourth-order valence-corrected chi connectivity index (χ4v) is 2.66. The molecule has 2 aromatic carbocycles. The van der Waals surface area contributed by atoms with Crippen LogP contribution < -0.4 is 9.47 Å². The molecule has 0 saturated heterocycles. The van der Waals surface area contributed by atoms with E-state index in [1.54, 1.807) is 0 Å². The van der Waals surface area contributed by atoms with Crippen molar-refractivity contribution in [3.8, 4) is 11.5 Å². The molecule has 0 amide bonds. The van der Waals surface area contributed by atoms with E-state index in [0.29, 0.717) is 12.4 Å². The van der Waals surface area contributed by atoms with Crippen molar-refractivity contribution in [3.63, 3.8) is 0 Å². The van der Waals surface area contributed by atoms with Crippen molar-refractivity contribution < 1.29 is 14.3 Å². The molecule has 3 nitrogen and oxygen atoms in total. The van der Waals surface area contributed by atoms with Crippen LogP contribution in [0.4, 0.5) is 0 Å². The van der Waals surface area contributed by atoms with Gasteiger partial charge in [-0.2, -0.15) is 0 Å². The van der Waals surface area contributed by atoms with E-state index in [1.165, 1.54) is 6.92 Å². The van der Waals surface area contributed by atoms with Crippen LogP contribution in [0, 0.1) is 20.8 Å². The Morgan fingerprint density at radius 2 is 1.73 bits per heavy atom. The van der Waals surface area contributed by atoms with Crippen LogP contribution >= 0.6 is 15.9 Å². The Bertz CT molecular complexity index is 687. The van der Waals surface area contributed by atoms with Gasteiger partial charge in [0.15, 0.2) is 0 Å². The van der Waals surface area contributed by atoms with Gasteiger partial charge in [-0.1, -0.05) is 34.1 Å². The zero-order chi connectivity index (χ0) is 16.3. The van der Waals surface area contributed by atoms with Crippen LogP contribution in [0.1, 0.15) is 29.2 Å². The Balaban J connectivity index is 2.25. The molecule has 0 unspecified atom stereocenters. The Kier molecular flexibility index (Phi) is 5.24. The van der Waals surface area contributed by atoms with Crippen LogP contribution in [0.25, 0.3) is 0 Å². The number of carbonyl (C=O) groups excluding carboxylic acids is 1. The second-order valence-corrected chi connectivity index (χ2v) is 6.11. The molecule has 22 heavy (non-hydrogen) atoms. The minimum absolute atomic E-state index is 0.330. The first kappa shape index (κ1) is 16.6. The number of ether oxygens (including phenoxy) is 2. The number of carbonyl (C=O) groups is 1. The maximum atomic E-state index is 11.1. The van der Waals surface area contributed by atoms with Gasteiger partial charge in [-0.05, 0) is 49.6 Å². The summed E-state index contributed by atoms with van der Waals surface area (Å²) in [6.45, 7) is 7.81. The van der Waals surface area contributed by atoms with Gasteiger partial charge in [0.25, 0.3) is 0 Å². The predicted octanol–water partition coefficient (Wildman–Crippen LogP) is 4.88. The topological polar surface area (TPSA) is 35.5 Å². The summed E-state index contributed by atoms with van der Waals surface area (Å²) in [4.78, 5) is 11.1. The lowest BCUT2D eigenvalue weighted by Crippen LogP contribution is -2.05. The van der Waals surface area contributed by atoms with Gasteiger partial charge in [0, 0.05) is 17.0 Å². The van der Waals surface area contributed by atoms with Gasteiger partial charge in [0.05, 0.1) is 0 Å². The molecule has 0 aliphatic carbocycles. The van der Waals surface area contributed by atoms with Crippen molar-refractivity contribution in [2.75, 3.05) is 0 Å². The number of rotatable bonds is 4. The van der Waals surface area contributed by atoms with E-state index < -0.39 is 0 Å². The summed E-state index contributed by atoms with van der Waals surface area (Å²) < 4.78 is 12.1. The molecule has 2 aromatic rings. The summed E-state index contributed by atoms with van der Waals surface area (Å²) in [5, 5.41) is 0. The lowest BCUT2D eigenvalue weighted by molar-refractivity contribution is -0.131. The van der Waals surface area contributed by atoms with Gasteiger partial charge in [-0.15, -0.1) is 0 Å². The summed E-state index contributed by atoms with van der Waals surface area (Å²) in [5.41, 5.74) is 4.14. The molecule has 0 saturated carbocycles. The fourth-order valence-electron chi connectivity index (χ4n) is 2.31. The predicted molar refractivity (Wildman–Crippen MR) is 90.4 cm³/mol. The van der Waals surface area contributed by atoms with Crippen molar-refractivity contribution in [2.45, 2.75) is 34.3 Å². The molecular formula is C18H19BrO3. The highest BCUT2D eigenvalue weighted by Crippen LogP contribution is 2.30. The Labute approximate surface area is 139 Å². The number of esters is 1. The molecule has 4 heteroatoms. The zero-order valence-electron chi connectivity index (χ0n) is 13.2. The van der Waals surface area contributed by atoms with Gasteiger partial charge in [-0.25, -0.2) is 0 Å². The van der Waals surface area contributed by atoms with E-state index in [-0.39, 0.29) is 5.97 Å². The van der Waals surface area contributed by atoms with E-state index >= 15 is 0 Å². The van der Waals surface area contributed by atoms with Crippen molar-refractivity contribution in [1.82, 2.24) is 0 Å². The first-order chi connectivity index (χ1) is 10.4. The van der Waals surface area contributed by atoms with Crippen LogP contribution in [-0.2, 0) is 11.4 Å². The van der Waals surface area contributed by atoms with E-state index in [1.807, 2.05) is 51.1 Å². The molecule has 0 fully saturated rings. The third kappa shape index (κ3) is 3.89. The first-order valence-electron chi connectivity index (χ1n) is 7.05. The van der Waals surface area contributed by atoms with Crippen LogP contribution in [0.3, 0.4) is 0 Å². The highest BCUT2D eigenvalue weighted by Gasteiger charge is 2.10. The maximum Gasteiger partial charge on any atom is 0.308 e. The van der Waals surface area contributed by atoms with E-state index in [4.69, 9.17) is 9.47 Å². The summed E-state index contributed by atoms with van der Waals surface area (Å²) in [6.07, 6.45) is 0. The third-order valence-electron chi connectivity index (χ3n) is 3.35. The lowest BCUT2D eigenvalue weighted by atomic mass is 10.1. The summed E-state index contributed by atoms with van der Waals surface area (Å²) >= 11 is 3.57. The third-order valence-corrected chi connectivity index (χ3v) is 4.48. The molecule has 2 rings (SSSR count). The Morgan fingerprint density at radius 1 is 1.09 bits per heavy atom. The average molecular weight is 363 g/mol. The van der Waals surface area contributed by atoms with Crippen molar-refractivity contribution in [2.24, 2.45) is 0 Å². The summed E-state index contributed by atoms with van der Waals surface area (Å²) in [7, 11) is 0. The van der Waals surface area contributed by atoms with Gasteiger partial charge in [0.2, 0.25) is 0 Å². The smallest absolute Gasteiger partial charge is 0.308 e. The number of hydrogen-bond acceptors (Lipinski definition) is 3. The maximum absolute atomic E-state index is 11.1. The molecule has 0 atom stereocenters. The largest absolute Gasteiger partial charge is 0.488 e. The highest BCUT2D eigenvalue weighted by molar-refractivity contribution is 9.10. The molecule has 0 N–H and O–H groups in total. The normalized spacial score (nSPS) is 10.4. The van der Waals surface area contributed by atoms with Gasteiger partial charge >= 0.3 is 5.97 Å². The Morgan fingerprint density at radius 3 is 2.32 bits per heavy atom. The second-order valence-electron chi connectivity index (χ2n) is 5.32. The molecule has 0 aliphatic heterocycles. The molecule has 0 heterocycles. The SMILES string of the molecule is CC(=O)Oc1cc(C)c(Br)c(COc2c(C)cccc2C)c1. The standard InChI is InChI=1S/C18H19BrO3/c1-11-6-5-7-12(2)18(11)21-10-15-9-16(22-14(4)20)8-13(3)17(15)19/h5-9H,10H2,1-4H3. The number of hydrogen-bond donors (Lipinski definition) is 0. The van der Waals surface area contributed by atoms with Crippen molar-refractivity contribution >= 4 is 21.9 Å². The molecule has 0 radical (unpaired) electrons. The molecule has 0 aromatic heterocycles. The van der Waals surface area contributed by atoms with Gasteiger partial charge in [0.1, 0.15) is 18.1 Å².